The van der Waals surface area contributed by atoms with Crippen molar-refractivity contribution in [3.63, 3.8) is 0 Å². The van der Waals surface area contributed by atoms with Crippen LogP contribution in [0.25, 0.3) is 0 Å². The molecule has 26 heteroatoms. The summed E-state index contributed by atoms with van der Waals surface area (Å²) in [6.45, 7) is -11.2. The van der Waals surface area contributed by atoms with Crippen LogP contribution in [0.2, 0.25) is 0 Å². The molecule has 0 nitrogen and oxygen atoms in total. The first-order chi connectivity index (χ1) is 25.7. The second-order valence-electron chi connectivity index (χ2n) is 10.7. The van der Waals surface area contributed by atoms with Crippen LogP contribution in [-0.4, -0.2) is 0 Å². The van der Waals surface area contributed by atoms with Crippen molar-refractivity contribution in [2.75, 3.05) is 0 Å². The Kier molecular flexibility index (Phi) is 9.87. The van der Waals surface area contributed by atoms with Gasteiger partial charge in [0.1, 0.15) is 0 Å². The molecule has 5 aromatic rings. The average Bonchev–Trinajstić information content (AvgIpc) is 3.16. The van der Waals surface area contributed by atoms with E-state index in [9.17, 15) is 22.0 Å². The molecule has 0 aliphatic carbocycles. The van der Waals surface area contributed by atoms with Crippen LogP contribution >= 0.6 is 6.60 Å². The number of hydrogen-bond acceptors (Lipinski definition) is 0. The molecule has 0 bridgehead atoms. The Balaban J connectivity index is 2.71. The molecule has 0 aliphatic rings. The molecule has 300 valence electrons. The van der Waals surface area contributed by atoms with Crippen LogP contribution < -0.4 is 26.5 Å². The maximum absolute atomic E-state index is 16.3. The Labute approximate surface area is 288 Å². The zero-order chi connectivity index (χ0) is 42.8. The topological polar surface area (TPSA) is 0 Å². The molecule has 0 amide bonds. The SMILES string of the molecule is Fc1c(F)c(F)c(P(c2c(F)c(F)c(F)c(F)c2F)(c2c(F)c(F)c(F)c(F)c2F)(c2c(F)c(F)c(F)c(F)c2F)c2c(F)c(F)c(F)c(F)c2F)c(F)c1F. The van der Waals surface area contributed by atoms with E-state index in [1.807, 2.05) is 0 Å². The van der Waals surface area contributed by atoms with Crippen LogP contribution in [0.3, 0.4) is 0 Å². The van der Waals surface area contributed by atoms with Crippen molar-refractivity contribution in [3.8, 4) is 0 Å². The van der Waals surface area contributed by atoms with Gasteiger partial charge in [-0.2, -0.15) is 0 Å². The van der Waals surface area contributed by atoms with Gasteiger partial charge >= 0.3 is 288 Å². The third-order valence-electron chi connectivity index (χ3n) is 8.17. The second-order valence-corrected chi connectivity index (χ2v) is 15.2. The molecule has 0 aliphatic heterocycles. The summed E-state index contributed by atoms with van der Waals surface area (Å²) in [6.07, 6.45) is 0. The Morgan fingerprint density at radius 3 is 0.286 bits per heavy atom. The van der Waals surface area contributed by atoms with Gasteiger partial charge in [-0.25, -0.2) is 0 Å². The van der Waals surface area contributed by atoms with Gasteiger partial charge in [0.25, 0.3) is 0 Å². The van der Waals surface area contributed by atoms with Gasteiger partial charge < -0.3 is 0 Å². The standard InChI is InChI=1S/C30F25P/c31-1-6(36)16(46)26(17(47)7(1)37)56(27-18(48)8(38)2(32)9(39)19(27)49,28-20(50)10(40)3(33)11(41)21(28)51,29-22(52)12(42)4(34)13(43)23(29)53)30-24(54)14(44)5(35)15(45)25(30)55. The molecule has 0 fully saturated rings. The molecule has 0 heterocycles. The molecular formula is C30F25P. The van der Waals surface area contributed by atoms with E-state index < -0.39 is 179 Å². The number of benzene rings is 5. The zero-order valence-electron chi connectivity index (χ0n) is 24.9. The second kappa shape index (κ2) is 13.2. The molecule has 0 spiro atoms. The number of hydrogen-bond donors (Lipinski definition) is 0. The van der Waals surface area contributed by atoms with Crippen molar-refractivity contribution in [1.29, 1.82) is 0 Å². The molecule has 0 saturated heterocycles. The van der Waals surface area contributed by atoms with Crippen LogP contribution in [0.4, 0.5) is 110 Å². The van der Waals surface area contributed by atoms with E-state index in [0.717, 1.165) is 0 Å². The van der Waals surface area contributed by atoms with Crippen molar-refractivity contribution in [3.05, 3.63) is 145 Å². The van der Waals surface area contributed by atoms with Crippen LogP contribution in [0, 0.1) is 145 Å². The summed E-state index contributed by atoms with van der Waals surface area (Å²) in [6, 6.07) is 0. The predicted molar refractivity (Wildman–Crippen MR) is 136 cm³/mol. The monoisotopic (exact) mass is 866 g/mol. The van der Waals surface area contributed by atoms with Gasteiger partial charge in [0, 0.05) is 0 Å². The first-order valence-electron chi connectivity index (χ1n) is 13.3. The summed E-state index contributed by atoms with van der Waals surface area (Å²) in [4.78, 5) is 0. The van der Waals surface area contributed by atoms with Crippen LogP contribution in [0.5, 0.6) is 0 Å². The average molecular weight is 866 g/mol. The van der Waals surface area contributed by atoms with Gasteiger partial charge in [-0.15, -0.1) is 0 Å². The fourth-order valence-electron chi connectivity index (χ4n) is 6.05. The summed E-state index contributed by atoms with van der Waals surface area (Å²) in [7, 11) is 0. The predicted octanol–water partition coefficient (Wildman–Crippen LogP) is 8.64. The van der Waals surface area contributed by atoms with E-state index in [1.165, 1.54) is 0 Å². The Hall–Kier alpha value is -5.22. The van der Waals surface area contributed by atoms with Crippen LogP contribution in [-0.2, 0) is 0 Å². The summed E-state index contributed by atoms with van der Waals surface area (Å²) >= 11 is 0. The van der Waals surface area contributed by atoms with E-state index in [2.05, 4.69) is 0 Å². The van der Waals surface area contributed by atoms with Gasteiger partial charge in [0.2, 0.25) is 0 Å². The Morgan fingerprint density at radius 2 is 0.196 bits per heavy atom. The molecule has 5 rings (SSSR count). The number of halogens is 25. The zero-order valence-corrected chi connectivity index (χ0v) is 25.8. The molecule has 0 aromatic heterocycles. The van der Waals surface area contributed by atoms with E-state index >= 15 is 87.8 Å². The van der Waals surface area contributed by atoms with Crippen molar-refractivity contribution in [2.45, 2.75) is 0 Å². The van der Waals surface area contributed by atoms with Crippen molar-refractivity contribution in [2.24, 2.45) is 0 Å². The first-order valence-corrected chi connectivity index (χ1v) is 15.6. The third kappa shape index (κ3) is 4.65. The summed E-state index contributed by atoms with van der Waals surface area (Å²) < 4.78 is 387. The fraction of sp³-hybridized carbons (Fsp3) is 0. The normalized spacial score (nSPS) is 12.8. The summed E-state index contributed by atoms with van der Waals surface area (Å²) in [5.41, 5.74) is 0. The quantitative estimate of drug-likeness (QED) is 0.0719. The molecule has 5 aromatic carbocycles. The van der Waals surface area contributed by atoms with Crippen LogP contribution in [0.1, 0.15) is 0 Å². The Bertz CT molecular complexity index is 2050. The molecule has 0 atom stereocenters. The van der Waals surface area contributed by atoms with Crippen LogP contribution in [0.15, 0.2) is 0 Å². The molecule has 0 saturated carbocycles. The molecule has 0 N–H and O–H groups in total. The molecule has 56 heavy (non-hydrogen) atoms. The minimum absolute atomic E-state index is 3.75. The van der Waals surface area contributed by atoms with Gasteiger partial charge in [0.15, 0.2) is 0 Å². The van der Waals surface area contributed by atoms with Crippen molar-refractivity contribution >= 4 is 33.1 Å². The van der Waals surface area contributed by atoms with Gasteiger partial charge in [-0.1, -0.05) is 0 Å². The third-order valence-corrected chi connectivity index (χ3v) is 14.6. The van der Waals surface area contributed by atoms with E-state index in [-0.39, 0.29) is 0 Å². The van der Waals surface area contributed by atoms with Gasteiger partial charge in [-0.3, -0.25) is 0 Å². The van der Waals surface area contributed by atoms with Crippen molar-refractivity contribution in [1.82, 2.24) is 0 Å². The molecule has 0 unspecified atom stereocenters. The summed E-state index contributed by atoms with van der Waals surface area (Å²) in [5, 5.41) is -22.4. The minimum atomic E-state index is -11.2. The summed E-state index contributed by atoms with van der Waals surface area (Å²) in [5.74, 6) is -103. The van der Waals surface area contributed by atoms with Crippen molar-refractivity contribution < 1.29 is 110 Å². The van der Waals surface area contributed by atoms with Gasteiger partial charge in [-0.05, 0) is 0 Å². The number of rotatable bonds is 5. The Morgan fingerprint density at radius 1 is 0.125 bits per heavy atom. The first kappa shape index (κ1) is 41.9. The van der Waals surface area contributed by atoms with E-state index in [0.29, 0.717) is 0 Å². The fourth-order valence-corrected chi connectivity index (χ4v) is 13.2. The van der Waals surface area contributed by atoms with E-state index in [1.54, 1.807) is 0 Å². The van der Waals surface area contributed by atoms with E-state index in [4.69, 9.17) is 0 Å². The maximum atomic E-state index is 16.3. The van der Waals surface area contributed by atoms with Gasteiger partial charge in [0.05, 0.1) is 0 Å². The molecular weight excluding hydrogens is 866 g/mol. The molecule has 0 radical (unpaired) electrons.